The fourth-order valence-corrected chi connectivity index (χ4v) is 1.64. The predicted molar refractivity (Wildman–Crippen MR) is 58.4 cm³/mol. The molecular formula is C13H14O2. The van der Waals surface area contributed by atoms with Crippen LogP contribution in [0.4, 0.5) is 0 Å². The normalized spacial score (nSPS) is 15.5. The average Bonchev–Trinajstić information content (AvgIpc) is 2.66. The fraction of sp³-hybridized carbons (Fsp3) is 0.308. The molecule has 1 aliphatic rings. The van der Waals surface area contributed by atoms with Gasteiger partial charge in [-0.3, -0.25) is 4.79 Å². The lowest BCUT2D eigenvalue weighted by Gasteiger charge is -2.04. The van der Waals surface area contributed by atoms with Crippen LogP contribution in [-0.2, 0) is 16.1 Å². The summed E-state index contributed by atoms with van der Waals surface area (Å²) >= 11 is 0. The van der Waals surface area contributed by atoms with Gasteiger partial charge in [-0.15, -0.1) is 0 Å². The van der Waals surface area contributed by atoms with Crippen molar-refractivity contribution >= 4 is 5.78 Å². The van der Waals surface area contributed by atoms with Gasteiger partial charge in [-0.05, 0) is 23.6 Å². The molecule has 1 aromatic carbocycles. The van der Waals surface area contributed by atoms with Crippen LogP contribution in [0.15, 0.2) is 42.0 Å². The van der Waals surface area contributed by atoms with Crippen molar-refractivity contribution in [3.05, 3.63) is 47.5 Å². The van der Waals surface area contributed by atoms with E-state index in [0.29, 0.717) is 19.6 Å². The van der Waals surface area contributed by atoms with Gasteiger partial charge in [0, 0.05) is 6.42 Å². The standard InChI is InChI=1S/C13H14O2/c14-13-7-6-12(8-13)10-15-9-11-4-2-1-3-5-11/h1-5,8H,6-7,9-10H2. The molecule has 0 heterocycles. The second-order valence-corrected chi connectivity index (χ2v) is 3.75. The number of carbonyl (C=O) groups is 1. The van der Waals surface area contributed by atoms with Crippen molar-refractivity contribution in [2.24, 2.45) is 0 Å². The van der Waals surface area contributed by atoms with E-state index in [9.17, 15) is 4.79 Å². The molecule has 2 rings (SSSR count). The molecule has 1 aromatic rings. The lowest BCUT2D eigenvalue weighted by molar-refractivity contribution is -0.114. The summed E-state index contributed by atoms with van der Waals surface area (Å²) in [5.74, 6) is 0.230. The maximum absolute atomic E-state index is 11.0. The molecule has 0 unspecified atom stereocenters. The lowest BCUT2D eigenvalue weighted by Crippen LogP contribution is -1.96. The monoisotopic (exact) mass is 202 g/mol. The maximum Gasteiger partial charge on any atom is 0.156 e. The van der Waals surface area contributed by atoms with E-state index in [1.165, 1.54) is 5.56 Å². The summed E-state index contributed by atoms with van der Waals surface area (Å²) in [6.45, 7) is 1.20. The van der Waals surface area contributed by atoms with Crippen LogP contribution in [0.25, 0.3) is 0 Å². The maximum atomic E-state index is 11.0. The highest BCUT2D eigenvalue weighted by molar-refractivity contribution is 5.92. The van der Waals surface area contributed by atoms with Crippen molar-refractivity contribution in [3.8, 4) is 0 Å². The van der Waals surface area contributed by atoms with E-state index in [0.717, 1.165) is 12.0 Å². The zero-order valence-electron chi connectivity index (χ0n) is 8.61. The molecule has 0 amide bonds. The lowest BCUT2D eigenvalue weighted by atomic mass is 10.2. The van der Waals surface area contributed by atoms with E-state index in [1.807, 2.05) is 30.3 Å². The van der Waals surface area contributed by atoms with Crippen LogP contribution in [0.5, 0.6) is 0 Å². The summed E-state index contributed by atoms with van der Waals surface area (Å²) in [6, 6.07) is 10.1. The Labute approximate surface area is 89.6 Å². The predicted octanol–water partition coefficient (Wildman–Crippen LogP) is 2.49. The van der Waals surface area contributed by atoms with E-state index < -0.39 is 0 Å². The molecule has 0 radical (unpaired) electrons. The highest BCUT2D eigenvalue weighted by Crippen LogP contribution is 2.15. The Morgan fingerprint density at radius 3 is 2.53 bits per heavy atom. The summed E-state index contributed by atoms with van der Waals surface area (Å²) < 4.78 is 5.53. The Morgan fingerprint density at radius 2 is 1.87 bits per heavy atom. The number of benzene rings is 1. The van der Waals surface area contributed by atoms with E-state index in [2.05, 4.69) is 0 Å². The third-order valence-electron chi connectivity index (χ3n) is 2.46. The van der Waals surface area contributed by atoms with Gasteiger partial charge in [-0.2, -0.15) is 0 Å². The van der Waals surface area contributed by atoms with Gasteiger partial charge in [0.15, 0.2) is 5.78 Å². The zero-order valence-corrected chi connectivity index (χ0v) is 8.61. The van der Waals surface area contributed by atoms with Gasteiger partial charge in [-0.1, -0.05) is 30.3 Å². The number of hydrogen-bond acceptors (Lipinski definition) is 2. The number of carbonyl (C=O) groups excluding carboxylic acids is 1. The SMILES string of the molecule is O=C1C=C(COCc2ccccc2)CC1. The molecule has 0 bridgehead atoms. The molecule has 15 heavy (non-hydrogen) atoms. The first-order chi connectivity index (χ1) is 7.34. The van der Waals surface area contributed by atoms with Crippen LogP contribution in [0.3, 0.4) is 0 Å². The first kappa shape index (κ1) is 10.1. The molecule has 0 saturated carbocycles. The van der Waals surface area contributed by atoms with E-state index in [-0.39, 0.29) is 5.78 Å². The Balaban J connectivity index is 1.76. The fourth-order valence-electron chi connectivity index (χ4n) is 1.64. The molecule has 0 aromatic heterocycles. The number of rotatable bonds is 4. The van der Waals surface area contributed by atoms with Crippen molar-refractivity contribution < 1.29 is 9.53 Å². The second kappa shape index (κ2) is 4.89. The van der Waals surface area contributed by atoms with Crippen LogP contribution in [0.2, 0.25) is 0 Å². The smallest absolute Gasteiger partial charge is 0.156 e. The summed E-state index contributed by atoms with van der Waals surface area (Å²) in [6.07, 6.45) is 3.24. The Kier molecular flexibility index (Phi) is 3.30. The van der Waals surface area contributed by atoms with Crippen LogP contribution < -0.4 is 0 Å². The average molecular weight is 202 g/mol. The molecule has 0 saturated heterocycles. The molecule has 0 aliphatic heterocycles. The van der Waals surface area contributed by atoms with Crippen molar-refractivity contribution in [2.75, 3.05) is 6.61 Å². The van der Waals surface area contributed by atoms with Gasteiger partial charge in [0.2, 0.25) is 0 Å². The summed E-state index contributed by atoms with van der Waals surface area (Å²) in [4.78, 5) is 11.0. The highest BCUT2D eigenvalue weighted by atomic mass is 16.5. The molecule has 0 fully saturated rings. The zero-order chi connectivity index (χ0) is 10.5. The molecule has 78 valence electrons. The largest absolute Gasteiger partial charge is 0.372 e. The Hall–Kier alpha value is -1.41. The van der Waals surface area contributed by atoms with Gasteiger partial charge in [0.25, 0.3) is 0 Å². The van der Waals surface area contributed by atoms with Gasteiger partial charge < -0.3 is 4.74 Å². The number of ketones is 1. The summed E-state index contributed by atoms with van der Waals surface area (Å²) in [5, 5.41) is 0. The van der Waals surface area contributed by atoms with E-state index in [4.69, 9.17) is 4.74 Å². The number of ether oxygens (including phenoxy) is 1. The number of hydrogen-bond donors (Lipinski definition) is 0. The topological polar surface area (TPSA) is 26.3 Å². The first-order valence-electron chi connectivity index (χ1n) is 5.18. The van der Waals surface area contributed by atoms with Crippen molar-refractivity contribution in [1.29, 1.82) is 0 Å². The van der Waals surface area contributed by atoms with Crippen molar-refractivity contribution in [2.45, 2.75) is 19.4 Å². The summed E-state index contributed by atoms with van der Waals surface area (Å²) in [5.41, 5.74) is 2.29. The first-order valence-corrected chi connectivity index (χ1v) is 5.18. The van der Waals surface area contributed by atoms with Gasteiger partial charge in [0.05, 0.1) is 13.2 Å². The van der Waals surface area contributed by atoms with E-state index in [1.54, 1.807) is 6.08 Å². The van der Waals surface area contributed by atoms with Crippen LogP contribution in [0, 0.1) is 0 Å². The minimum absolute atomic E-state index is 0.230. The van der Waals surface area contributed by atoms with Gasteiger partial charge in [-0.25, -0.2) is 0 Å². The number of allylic oxidation sites excluding steroid dienone is 1. The van der Waals surface area contributed by atoms with Crippen LogP contribution in [-0.4, -0.2) is 12.4 Å². The highest BCUT2D eigenvalue weighted by Gasteiger charge is 2.11. The van der Waals surface area contributed by atoms with E-state index >= 15 is 0 Å². The third kappa shape index (κ3) is 3.03. The Morgan fingerprint density at radius 1 is 1.07 bits per heavy atom. The molecule has 1 aliphatic carbocycles. The van der Waals surface area contributed by atoms with Crippen LogP contribution >= 0.6 is 0 Å². The quantitative estimate of drug-likeness (QED) is 0.749. The molecule has 2 nitrogen and oxygen atoms in total. The van der Waals surface area contributed by atoms with Gasteiger partial charge in [0.1, 0.15) is 0 Å². The molecule has 2 heteroatoms. The molecular weight excluding hydrogens is 188 g/mol. The molecule has 0 N–H and O–H groups in total. The third-order valence-corrected chi connectivity index (χ3v) is 2.46. The Bertz CT molecular complexity index is 365. The van der Waals surface area contributed by atoms with Crippen molar-refractivity contribution in [1.82, 2.24) is 0 Å². The second-order valence-electron chi connectivity index (χ2n) is 3.75. The minimum atomic E-state index is 0.230. The van der Waals surface area contributed by atoms with Gasteiger partial charge >= 0.3 is 0 Å². The molecule has 0 spiro atoms. The summed E-state index contributed by atoms with van der Waals surface area (Å²) in [7, 11) is 0. The van der Waals surface area contributed by atoms with Crippen LogP contribution in [0.1, 0.15) is 18.4 Å². The minimum Gasteiger partial charge on any atom is -0.372 e. The molecule has 0 atom stereocenters. The van der Waals surface area contributed by atoms with Crippen molar-refractivity contribution in [3.63, 3.8) is 0 Å².